The van der Waals surface area contributed by atoms with Gasteiger partial charge in [-0.15, -0.1) is 0 Å². The van der Waals surface area contributed by atoms with E-state index < -0.39 is 18.0 Å². The minimum Gasteiger partial charge on any atom is -0.480 e. The summed E-state index contributed by atoms with van der Waals surface area (Å²) < 4.78 is 0. The highest BCUT2D eigenvalue weighted by molar-refractivity contribution is 5.83. The van der Waals surface area contributed by atoms with Gasteiger partial charge in [-0.25, -0.2) is 9.59 Å². The lowest BCUT2D eigenvalue weighted by Crippen LogP contribution is -2.47. The fourth-order valence-corrected chi connectivity index (χ4v) is 1.73. The van der Waals surface area contributed by atoms with Gasteiger partial charge in [0.1, 0.15) is 6.04 Å². The van der Waals surface area contributed by atoms with E-state index in [1.165, 1.54) is 0 Å². The first-order valence-electron chi connectivity index (χ1n) is 5.84. The predicted octanol–water partition coefficient (Wildman–Crippen LogP) is 0.381. The summed E-state index contributed by atoms with van der Waals surface area (Å²) in [4.78, 5) is 22.5. The molecule has 0 bridgehead atoms. The maximum absolute atomic E-state index is 11.6. The number of nitrogens with zero attached hydrogens (tertiary/aromatic N) is 1. The van der Waals surface area contributed by atoms with Crippen molar-refractivity contribution in [1.82, 2.24) is 20.8 Å². The lowest BCUT2D eigenvalue weighted by atomic mass is 10.2. The van der Waals surface area contributed by atoms with Crippen LogP contribution in [-0.2, 0) is 11.3 Å². The molecule has 1 aliphatic carbocycles. The molecule has 18 heavy (non-hydrogen) atoms. The SMILES string of the molecule is Cc1[nH]ncc1CNC(=O)NC(C(=O)O)C1CC1. The van der Waals surface area contributed by atoms with Crippen molar-refractivity contribution in [1.29, 1.82) is 0 Å². The second-order valence-electron chi connectivity index (χ2n) is 4.50. The number of carbonyl (C=O) groups is 2. The zero-order valence-electron chi connectivity index (χ0n) is 10.1. The zero-order chi connectivity index (χ0) is 13.1. The van der Waals surface area contributed by atoms with Crippen LogP contribution in [0, 0.1) is 12.8 Å². The molecule has 7 nitrogen and oxygen atoms in total. The first kappa shape index (κ1) is 12.4. The number of carboxylic acids is 1. The number of aromatic nitrogens is 2. The zero-order valence-corrected chi connectivity index (χ0v) is 10.1. The summed E-state index contributed by atoms with van der Waals surface area (Å²) in [6, 6.07) is -1.25. The van der Waals surface area contributed by atoms with E-state index in [0.29, 0.717) is 6.54 Å². The van der Waals surface area contributed by atoms with Crippen molar-refractivity contribution in [2.75, 3.05) is 0 Å². The van der Waals surface area contributed by atoms with Crippen LogP contribution >= 0.6 is 0 Å². The molecule has 4 N–H and O–H groups in total. The Morgan fingerprint density at radius 2 is 2.33 bits per heavy atom. The van der Waals surface area contributed by atoms with Crippen molar-refractivity contribution < 1.29 is 14.7 Å². The first-order chi connectivity index (χ1) is 8.58. The summed E-state index contributed by atoms with van der Waals surface area (Å²) in [5.74, 6) is -0.906. The minimum atomic E-state index is -0.979. The summed E-state index contributed by atoms with van der Waals surface area (Å²) in [5.41, 5.74) is 1.76. The summed E-state index contributed by atoms with van der Waals surface area (Å²) in [6.45, 7) is 2.18. The van der Waals surface area contributed by atoms with E-state index in [9.17, 15) is 9.59 Å². The standard InChI is InChI=1S/C11H16N4O3/c1-6-8(5-13-15-6)4-12-11(18)14-9(10(16)17)7-2-3-7/h5,7,9H,2-4H2,1H3,(H,13,15)(H,16,17)(H2,12,14,18). The Hall–Kier alpha value is -2.05. The van der Waals surface area contributed by atoms with Gasteiger partial charge in [-0.2, -0.15) is 5.10 Å². The van der Waals surface area contributed by atoms with Crippen LogP contribution in [0.25, 0.3) is 0 Å². The molecule has 0 aromatic carbocycles. The van der Waals surface area contributed by atoms with Crippen LogP contribution in [0.1, 0.15) is 24.1 Å². The van der Waals surface area contributed by atoms with E-state index in [1.807, 2.05) is 6.92 Å². The highest BCUT2D eigenvalue weighted by atomic mass is 16.4. The summed E-state index contributed by atoms with van der Waals surface area (Å²) in [5, 5.41) is 20.7. The number of aryl methyl sites for hydroxylation is 1. The van der Waals surface area contributed by atoms with Gasteiger partial charge in [0, 0.05) is 17.8 Å². The smallest absolute Gasteiger partial charge is 0.326 e. The number of aromatic amines is 1. The lowest BCUT2D eigenvalue weighted by Gasteiger charge is -2.14. The fraction of sp³-hybridized carbons (Fsp3) is 0.545. The Balaban J connectivity index is 1.81. The van der Waals surface area contributed by atoms with Gasteiger partial charge >= 0.3 is 12.0 Å². The van der Waals surface area contributed by atoms with Crippen LogP contribution in [0.3, 0.4) is 0 Å². The van der Waals surface area contributed by atoms with Crippen molar-refractivity contribution in [3.63, 3.8) is 0 Å². The number of urea groups is 1. The van der Waals surface area contributed by atoms with Crippen LogP contribution in [0.4, 0.5) is 4.79 Å². The van der Waals surface area contributed by atoms with Gasteiger partial charge in [0.15, 0.2) is 0 Å². The minimum absolute atomic E-state index is 0.0731. The normalized spacial score (nSPS) is 16.1. The molecular formula is C11H16N4O3. The average Bonchev–Trinajstić information content (AvgIpc) is 3.07. The predicted molar refractivity (Wildman–Crippen MR) is 62.8 cm³/mol. The number of aliphatic carboxylic acids is 1. The van der Waals surface area contributed by atoms with Crippen molar-refractivity contribution in [3.05, 3.63) is 17.5 Å². The Kier molecular flexibility index (Phi) is 3.50. The van der Waals surface area contributed by atoms with E-state index in [4.69, 9.17) is 5.11 Å². The van der Waals surface area contributed by atoms with Gasteiger partial charge in [0.2, 0.25) is 0 Å². The number of hydrogen-bond donors (Lipinski definition) is 4. The van der Waals surface area contributed by atoms with Gasteiger partial charge < -0.3 is 15.7 Å². The molecule has 0 spiro atoms. The van der Waals surface area contributed by atoms with Gasteiger partial charge in [-0.3, -0.25) is 5.10 Å². The molecule has 1 fully saturated rings. The molecule has 98 valence electrons. The number of hydrogen-bond acceptors (Lipinski definition) is 3. The molecular weight excluding hydrogens is 236 g/mol. The molecule has 1 atom stereocenters. The van der Waals surface area contributed by atoms with Crippen molar-refractivity contribution in [3.8, 4) is 0 Å². The van der Waals surface area contributed by atoms with Crippen LogP contribution in [0.5, 0.6) is 0 Å². The fourth-order valence-electron chi connectivity index (χ4n) is 1.73. The van der Waals surface area contributed by atoms with E-state index in [-0.39, 0.29) is 5.92 Å². The maximum atomic E-state index is 11.6. The molecule has 1 aromatic heterocycles. The van der Waals surface area contributed by atoms with Gasteiger partial charge in [-0.05, 0) is 25.7 Å². The molecule has 0 saturated heterocycles. The second kappa shape index (κ2) is 5.07. The van der Waals surface area contributed by atoms with Gasteiger partial charge in [0.25, 0.3) is 0 Å². The largest absolute Gasteiger partial charge is 0.480 e. The molecule has 0 aliphatic heterocycles. The molecule has 1 aliphatic rings. The summed E-state index contributed by atoms with van der Waals surface area (Å²) in [7, 11) is 0. The first-order valence-corrected chi connectivity index (χ1v) is 5.84. The highest BCUT2D eigenvalue weighted by Gasteiger charge is 2.37. The van der Waals surface area contributed by atoms with Crippen molar-refractivity contribution in [2.24, 2.45) is 5.92 Å². The molecule has 1 heterocycles. The third-order valence-electron chi connectivity index (χ3n) is 3.02. The Morgan fingerprint density at radius 3 is 2.83 bits per heavy atom. The molecule has 0 radical (unpaired) electrons. The number of carbonyl (C=O) groups excluding carboxylic acids is 1. The van der Waals surface area contributed by atoms with Crippen molar-refractivity contribution in [2.45, 2.75) is 32.4 Å². The summed E-state index contributed by atoms with van der Waals surface area (Å²) in [6.07, 6.45) is 3.35. The van der Waals surface area contributed by atoms with Gasteiger partial charge in [-0.1, -0.05) is 0 Å². The quantitative estimate of drug-likeness (QED) is 0.607. The van der Waals surface area contributed by atoms with Crippen LogP contribution in [0.15, 0.2) is 6.20 Å². The Labute approximate surface area is 104 Å². The third-order valence-corrected chi connectivity index (χ3v) is 3.02. The van der Waals surface area contributed by atoms with Gasteiger partial charge in [0.05, 0.1) is 6.20 Å². The number of amides is 2. The number of H-pyrrole nitrogens is 1. The Bertz CT molecular complexity index is 453. The van der Waals surface area contributed by atoms with Crippen molar-refractivity contribution >= 4 is 12.0 Å². The molecule has 2 amide bonds. The highest BCUT2D eigenvalue weighted by Crippen LogP contribution is 2.32. The summed E-state index contributed by atoms with van der Waals surface area (Å²) >= 11 is 0. The molecule has 1 saturated carbocycles. The maximum Gasteiger partial charge on any atom is 0.326 e. The average molecular weight is 252 g/mol. The van der Waals surface area contributed by atoms with Crippen LogP contribution < -0.4 is 10.6 Å². The number of rotatable bonds is 5. The third kappa shape index (κ3) is 2.99. The van der Waals surface area contributed by atoms with E-state index in [0.717, 1.165) is 24.1 Å². The van der Waals surface area contributed by atoms with E-state index in [1.54, 1.807) is 6.20 Å². The molecule has 1 aromatic rings. The number of nitrogens with one attached hydrogen (secondary N) is 3. The topological polar surface area (TPSA) is 107 Å². The Morgan fingerprint density at radius 1 is 1.61 bits per heavy atom. The monoisotopic (exact) mass is 252 g/mol. The second-order valence-corrected chi connectivity index (χ2v) is 4.50. The molecule has 7 heteroatoms. The number of carboxylic acid groups (broad SMARTS) is 1. The van der Waals surface area contributed by atoms with Crippen LogP contribution in [0.2, 0.25) is 0 Å². The van der Waals surface area contributed by atoms with E-state index in [2.05, 4.69) is 20.8 Å². The lowest BCUT2D eigenvalue weighted by molar-refractivity contribution is -0.139. The van der Waals surface area contributed by atoms with E-state index >= 15 is 0 Å². The molecule has 2 rings (SSSR count). The van der Waals surface area contributed by atoms with Crippen LogP contribution in [-0.4, -0.2) is 33.3 Å². The molecule has 1 unspecified atom stereocenters.